The van der Waals surface area contributed by atoms with Gasteiger partial charge in [-0.25, -0.2) is 13.8 Å². The molecule has 0 saturated heterocycles. The number of carbonyl (C=O) groups is 1. The van der Waals surface area contributed by atoms with Crippen molar-refractivity contribution in [1.82, 2.24) is 5.43 Å². The predicted molar refractivity (Wildman–Crippen MR) is 94.3 cm³/mol. The van der Waals surface area contributed by atoms with Crippen LogP contribution in [0.5, 0.6) is 0 Å². The van der Waals surface area contributed by atoms with Crippen molar-refractivity contribution < 1.29 is 13.2 Å². The first-order valence-electron chi connectivity index (χ1n) is 6.98. The SMILES string of the molecule is C/C(=N/NC(=O)CN(c1ccc(Cl)cc1)S(C)(=O)=O)C(C)(C)C. The molecular weight excluding hydrogens is 338 g/mol. The fourth-order valence-corrected chi connectivity index (χ4v) is 2.47. The van der Waals surface area contributed by atoms with E-state index in [-0.39, 0.29) is 12.0 Å². The van der Waals surface area contributed by atoms with Crippen molar-refractivity contribution in [1.29, 1.82) is 0 Å². The maximum atomic E-state index is 12.0. The summed E-state index contributed by atoms with van der Waals surface area (Å²) in [7, 11) is -3.61. The number of nitrogens with zero attached hydrogens (tertiary/aromatic N) is 2. The summed E-state index contributed by atoms with van der Waals surface area (Å²) in [5, 5.41) is 4.50. The highest BCUT2D eigenvalue weighted by Crippen LogP contribution is 2.20. The number of halogens is 1. The van der Waals surface area contributed by atoms with Crippen molar-refractivity contribution in [2.24, 2.45) is 10.5 Å². The highest BCUT2D eigenvalue weighted by Gasteiger charge is 2.21. The van der Waals surface area contributed by atoms with E-state index in [2.05, 4.69) is 10.5 Å². The van der Waals surface area contributed by atoms with E-state index in [1.165, 1.54) is 0 Å². The summed E-state index contributed by atoms with van der Waals surface area (Å²) in [5.74, 6) is -0.519. The minimum Gasteiger partial charge on any atom is -0.271 e. The molecule has 0 aromatic heterocycles. The molecule has 0 heterocycles. The van der Waals surface area contributed by atoms with Crippen molar-refractivity contribution in [3.05, 3.63) is 29.3 Å². The number of hydrazone groups is 1. The fourth-order valence-electron chi connectivity index (χ4n) is 1.49. The molecule has 0 bridgehead atoms. The van der Waals surface area contributed by atoms with Gasteiger partial charge in [-0.05, 0) is 31.2 Å². The van der Waals surface area contributed by atoms with Crippen LogP contribution in [0.25, 0.3) is 0 Å². The number of carbonyl (C=O) groups excluding carboxylic acids is 1. The first-order valence-corrected chi connectivity index (χ1v) is 9.21. The Labute approximate surface area is 142 Å². The van der Waals surface area contributed by atoms with Crippen LogP contribution in [-0.4, -0.2) is 32.8 Å². The highest BCUT2D eigenvalue weighted by molar-refractivity contribution is 7.92. The molecule has 8 heteroatoms. The number of anilines is 1. The highest BCUT2D eigenvalue weighted by atomic mass is 35.5. The Kier molecular flexibility index (Phi) is 6.18. The van der Waals surface area contributed by atoms with E-state index in [9.17, 15) is 13.2 Å². The number of amides is 1. The van der Waals surface area contributed by atoms with E-state index < -0.39 is 15.9 Å². The van der Waals surface area contributed by atoms with Gasteiger partial charge in [0, 0.05) is 16.1 Å². The van der Waals surface area contributed by atoms with Crippen molar-refractivity contribution >= 4 is 38.9 Å². The molecular formula is C15H22ClN3O3S. The molecule has 1 aromatic rings. The van der Waals surface area contributed by atoms with Gasteiger partial charge < -0.3 is 0 Å². The fraction of sp³-hybridized carbons (Fsp3) is 0.467. The molecule has 1 amide bonds. The van der Waals surface area contributed by atoms with Crippen LogP contribution in [0.1, 0.15) is 27.7 Å². The Morgan fingerprint density at radius 3 is 2.22 bits per heavy atom. The third-order valence-corrected chi connectivity index (χ3v) is 4.63. The molecule has 0 aliphatic rings. The average Bonchev–Trinajstić information content (AvgIpc) is 2.41. The predicted octanol–water partition coefficient (Wildman–Crippen LogP) is 2.64. The zero-order chi connectivity index (χ0) is 17.8. The van der Waals surface area contributed by atoms with Crippen LogP contribution >= 0.6 is 11.6 Å². The van der Waals surface area contributed by atoms with E-state index in [0.717, 1.165) is 16.3 Å². The number of hydrogen-bond donors (Lipinski definition) is 1. The normalized spacial score (nSPS) is 12.9. The van der Waals surface area contributed by atoms with Crippen LogP contribution in [0.4, 0.5) is 5.69 Å². The number of rotatable bonds is 5. The average molecular weight is 360 g/mol. The molecule has 128 valence electrons. The Hall–Kier alpha value is -1.60. The number of hydrogen-bond acceptors (Lipinski definition) is 4. The van der Waals surface area contributed by atoms with Gasteiger partial charge in [0.1, 0.15) is 6.54 Å². The van der Waals surface area contributed by atoms with Gasteiger partial charge >= 0.3 is 0 Å². The van der Waals surface area contributed by atoms with Gasteiger partial charge in [0.15, 0.2) is 0 Å². The minimum atomic E-state index is -3.61. The van der Waals surface area contributed by atoms with E-state index in [4.69, 9.17) is 11.6 Å². The number of nitrogens with one attached hydrogen (secondary N) is 1. The lowest BCUT2D eigenvalue weighted by molar-refractivity contribution is -0.119. The molecule has 6 nitrogen and oxygen atoms in total. The lowest BCUT2D eigenvalue weighted by Crippen LogP contribution is -2.39. The summed E-state index contributed by atoms with van der Waals surface area (Å²) in [6.45, 7) is 7.34. The van der Waals surface area contributed by atoms with Crippen molar-refractivity contribution in [3.8, 4) is 0 Å². The Morgan fingerprint density at radius 1 is 1.26 bits per heavy atom. The van der Waals surface area contributed by atoms with E-state index in [0.29, 0.717) is 10.7 Å². The molecule has 0 fully saturated rings. The second kappa shape index (κ2) is 7.31. The van der Waals surface area contributed by atoms with Crippen molar-refractivity contribution in [2.45, 2.75) is 27.7 Å². The lowest BCUT2D eigenvalue weighted by Gasteiger charge is -2.22. The summed E-state index contributed by atoms with van der Waals surface area (Å²) >= 11 is 5.80. The largest absolute Gasteiger partial charge is 0.271 e. The van der Waals surface area contributed by atoms with Gasteiger partial charge in [-0.15, -0.1) is 0 Å². The van der Waals surface area contributed by atoms with Crippen LogP contribution in [0, 0.1) is 5.41 Å². The smallest absolute Gasteiger partial charge is 0.260 e. The van der Waals surface area contributed by atoms with Crippen LogP contribution < -0.4 is 9.73 Å². The third kappa shape index (κ3) is 6.19. The zero-order valence-electron chi connectivity index (χ0n) is 13.9. The van der Waals surface area contributed by atoms with E-state index in [1.807, 2.05) is 20.8 Å². The number of benzene rings is 1. The minimum absolute atomic E-state index is 0.181. The van der Waals surface area contributed by atoms with E-state index in [1.54, 1.807) is 31.2 Å². The quantitative estimate of drug-likeness (QED) is 0.648. The summed E-state index contributed by atoms with van der Waals surface area (Å²) < 4.78 is 24.9. The molecule has 1 aromatic carbocycles. The second-order valence-electron chi connectivity index (χ2n) is 6.23. The maximum Gasteiger partial charge on any atom is 0.260 e. The zero-order valence-corrected chi connectivity index (χ0v) is 15.5. The molecule has 0 aliphatic heterocycles. The molecule has 0 spiro atoms. The Morgan fingerprint density at radius 2 is 1.78 bits per heavy atom. The third-order valence-electron chi connectivity index (χ3n) is 3.24. The van der Waals surface area contributed by atoms with Gasteiger partial charge in [0.25, 0.3) is 5.91 Å². The van der Waals surface area contributed by atoms with Gasteiger partial charge in [-0.1, -0.05) is 32.4 Å². The first-order chi connectivity index (χ1) is 10.4. The van der Waals surface area contributed by atoms with Gasteiger partial charge in [-0.3, -0.25) is 9.10 Å². The van der Waals surface area contributed by atoms with Gasteiger partial charge in [-0.2, -0.15) is 5.10 Å². The molecule has 0 aliphatic carbocycles. The van der Waals surface area contributed by atoms with Crippen molar-refractivity contribution in [3.63, 3.8) is 0 Å². The van der Waals surface area contributed by atoms with Gasteiger partial charge in [0.05, 0.1) is 11.9 Å². The Balaban J connectivity index is 2.92. The molecule has 0 unspecified atom stereocenters. The summed E-state index contributed by atoms with van der Waals surface area (Å²) in [4.78, 5) is 12.0. The maximum absolute atomic E-state index is 12.0. The monoisotopic (exact) mass is 359 g/mol. The second-order valence-corrected chi connectivity index (χ2v) is 8.57. The first kappa shape index (κ1) is 19.4. The number of sulfonamides is 1. The van der Waals surface area contributed by atoms with E-state index >= 15 is 0 Å². The summed E-state index contributed by atoms with van der Waals surface area (Å²) in [6, 6.07) is 6.21. The topological polar surface area (TPSA) is 78.8 Å². The van der Waals surface area contributed by atoms with Crippen LogP contribution in [0.3, 0.4) is 0 Å². The Bertz CT molecular complexity index is 692. The molecule has 0 saturated carbocycles. The molecule has 0 radical (unpaired) electrons. The lowest BCUT2D eigenvalue weighted by atomic mass is 9.91. The molecule has 0 atom stereocenters. The van der Waals surface area contributed by atoms with Crippen LogP contribution in [0.2, 0.25) is 5.02 Å². The molecule has 1 N–H and O–H groups in total. The molecule has 23 heavy (non-hydrogen) atoms. The van der Waals surface area contributed by atoms with Crippen molar-refractivity contribution in [2.75, 3.05) is 17.1 Å². The summed E-state index contributed by atoms with van der Waals surface area (Å²) in [6.07, 6.45) is 1.04. The van der Waals surface area contributed by atoms with Gasteiger partial charge in [0.2, 0.25) is 10.0 Å². The van der Waals surface area contributed by atoms with Crippen LogP contribution in [-0.2, 0) is 14.8 Å². The summed E-state index contributed by atoms with van der Waals surface area (Å²) in [5.41, 5.74) is 3.31. The van der Waals surface area contributed by atoms with Crippen LogP contribution in [0.15, 0.2) is 29.4 Å². The standard InChI is InChI=1S/C15H22ClN3O3S/c1-11(15(2,3)4)17-18-14(20)10-19(23(5,21)22)13-8-6-12(16)7-9-13/h6-9H,10H2,1-5H3,(H,18,20)/b17-11-. The molecule has 1 rings (SSSR count).